The highest BCUT2D eigenvalue weighted by atomic mass is 32.1. The molecule has 1 fully saturated rings. The van der Waals surface area contributed by atoms with E-state index in [1.54, 1.807) is 22.3 Å². The number of rotatable bonds is 8. The Morgan fingerprint density at radius 1 is 1.15 bits per heavy atom. The van der Waals surface area contributed by atoms with Gasteiger partial charge in [-0.05, 0) is 34.1 Å². The topological polar surface area (TPSA) is 75.5 Å². The van der Waals surface area contributed by atoms with E-state index in [1.165, 1.54) is 6.07 Å². The van der Waals surface area contributed by atoms with Crippen LogP contribution in [-0.2, 0) is 0 Å². The van der Waals surface area contributed by atoms with Gasteiger partial charge in [0, 0.05) is 5.56 Å². The lowest BCUT2D eigenvalue weighted by Crippen LogP contribution is -3.14. The fourth-order valence-electron chi connectivity index (χ4n) is 4.42. The van der Waals surface area contributed by atoms with Gasteiger partial charge in [0.2, 0.25) is 0 Å². The van der Waals surface area contributed by atoms with Gasteiger partial charge in [0.25, 0.3) is 11.8 Å². The minimum absolute atomic E-state index is 0.0768. The summed E-state index contributed by atoms with van der Waals surface area (Å²) in [5, 5.41) is 6.66. The first-order valence-electron chi connectivity index (χ1n) is 12.3. The van der Waals surface area contributed by atoms with Crippen molar-refractivity contribution in [1.82, 2.24) is 15.4 Å². The molecule has 3 aromatic heterocycles. The molecule has 0 radical (unpaired) electrons. The van der Waals surface area contributed by atoms with Crippen molar-refractivity contribution in [3.63, 3.8) is 0 Å². The molecule has 0 unspecified atom stereocenters. The normalized spacial score (nSPS) is 15.9. The number of alkyl halides is 5. The maximum absolute atomic E-state index is 13.3. The molecule has 1 aromatic carbocycles. The third kappa shape index (κ3) is 6.71. The van der Waals surface area contributed by atoms with Crippen LogP contribution in [0.15, 0.2) is 54.3 Å². The quantitative estimate of drug-likeness (QED) is 0.225. The van der Waals surface area contributed by atoms with Crippen LogP contribution in [0.2, 0.25) is 0 Å². The van der Waals surface area contributed by atoms with E-state index in [9.17, 15) is 26.7 Å². The lowest BCUT2D eigenvalue weighted by molar-refractivity contribution is -0.908. The zero-order chi connectivity index (χ0) is 27.6. The molecule has 206 valence electrons. The van der Waals surface area contributed by atoms with Crippen LogP contribution in [0.3, 0.4) is 0 Å². The highest BCUT2D eigenvalue weighted by Gasteiger charge is 2.36. The standard InChI is InChI=1S/C26H24F5N5O2S/c27-25(28)5-7-35(8-6-25)9-10-38-20-3-1-17(2-4-20)19-12-32-23-21(13-34-36(23)14-19)18-11-22(39-15-18)24(37)33-16-26(29,30)31/h1-4,11-15H,5-10,16H2,(H,33,37)/p+2. The van der Waals surface area contributed by atoms with Gasteiger partial charge in [0.1, 0.15) is 31.6 Å². The second-order valence-electron chi connectivity index (χ2n) is 9.45. The van der Waals surface area contributed by atoms with Crippen molar-refractivity contribution in [3.05, 3.63) is 59.2 Å². The second-order valence-corrected chi connectivity index (χ2v) is 10.4. The van der Waals surface area contributed by atoms with Gasteiger partial charge < -0.3 is 15.0 Å². The number of hydrogen-bond donors (Lipinski definition) is 3. The molecule has 0 saturated carbocycles. The van der Waals surface area contributed by atoms with Crippen molar-refractivity contribution in [2.24, 2.45) is 0 Å². The van der Waals surface area contributed by atoms with Gasteiger partial charge in [0.05, 0.1) is 48.1 Å². The van der Waals surface area contributed by atoms with E-state index in [0.717, 1.165) is 27.4 Å². The summed E-state index contributed by atoms with van der Waals surface area (Å²) < 4.78 is 71.3. The first kappa shape index (κ1) is 27.0. The first-order valence-corrected chi connectivity index (χ1v) is 13.2. The third-order valence-electron chi connectivity index (χ3n) is 6.60. The summed E-state index contributed by atoms with van der Waals surface area (Å²) in [4.78, 5) is 17.9. The predicted octanol–water partition coefficient (Wildman–Crippen LogP) is 3.53. The number of carbonyl (C=O) groups is 1. The van der Waals surface area contributed by atoms with E-state index >= 15 is 0 Å². The van der Waals surface area contributed by atoms with Gasteiger partial charge in [-0.1, -0.05) is 12.1 Å². The van der Waals surface area contributed by atoms with E-state index in [-0.39, 0.29) is 17.7 Å². The van der Waals surface area contributed by atoms with Crippen LogP contribution < -0.4 is 19.5 Å². The largest absolute Gasteiger partial charge is 0.488 e. The molecule has 4 heterocycles. The summed E-state index contributed by atoms with van der Waals surface area (Å²) >= 11 is 1.06. The minimum atomic E-state index is -4.48. The molecule has 1 aliphatic heterocycles. The van der Waals surface area contributed by atoms with Crippen LogP contribution in [0.5, 0.6) is 5.75 Å². The first-order chi connectivity index (χ1) is 18.6. The van der Waals surface area contributed by atoms with Crippen molar-refractivity contribution < 1.29 is 40.9 Å². The smallest absolute Gasteiger partial charge is 0.405 e. The molecule has 0 bridgehead atoms. The molecule has 5 rings (SSSR count). The number of nitrogens with zero attached hydrogens (tertiary/aromatic N) is 2. The molecule has 0 spiro atoms. The van der Waals surface area contributed by atoms with Crippen molar-refractivity contribution in [1.29, 1.82) is 0 Å². The Morgan fingerprint density at radius 2 is 1.90 bits per heavy atom. The molecule has 0 aliphatic carbocycles. The molecule has 0 atom stereocenters. The molecular formula is C26H26F5N5O2S+2. The number of benzene rings is 1. The predicted molar refractivity (Wildman–Crippen MR) is 134 cm³/mol. The number of halogens is 5. The second kappa shape index (κ2) is 10.9. The Labute approximate surface area is 224 Å². The highest BCUT2D eigenvalue weighted by Crippen LogP contribution is 2.28. The van der Waals surface area contributed by atoms with Crippen LogP contribution in [-0.4, -0.2) is 60.9 Å². The van der Waals surface area contributed by atoms with E-state index in [1.807, 2.05) is 35.8 Å². The molecule has 7 nitrogen and oxygen atoms in total. The van der Waals surface area contributed by atoms with Gasteiger partial charge in [-0.2, -0.15) is 13.2 Å². The summed E-state index contributed by atoms with van der Waals surface area (Å²) in [7, 11) is 0. The van der Waals surface area contributed by atoms with Crippen molar-refractivity contribution in [2.75, 3.05) is 32.8 Å². The monoisotopic (exact) mass is 567 g/mol. The molecule has 1 amide bonds. The minimum Gasteiger partial charge on any atom is -0.488 e. The summed E-state index contributed by atoms with van der Waals surface area (Å²) in [6.45, 7) is 0.640. The summed E-state index contributed by atoms with van der Waals surface area (Å²) in [6, 6.07) is 9.04. The lowest BCUT2D eigenvalue weighted by atomic mass is 10.1. The number of ether oxygens (including phenoxy) is 1. The number of piperidine rings is 1. The fourth-order valence-corrected chi connectivity index (χ4v) is 5.25. The molecule has 1 aliphatic rings. The maximum Gasteiger partial charge on any atom is 0.405 e. The lowest BCUT2D eigenvalue weighted by Gasteiger charge is -2.28. The van der Waals surface area contributed by atoms with Crippen molar-refractivity contribution in [2.45, 2.75) is 24.9 Å². The number of fused-ring (bicyclic) bond motifs is 1. The maximum atomic E-state index is 13.3. The highest BCUT2D eigenvalue weighted by molar-refractivity contribution is 7.12. The van der Waals surface area contributed by atoms with Crippen molar-refractivity contribution >= 4 is 22.9 Å². The molecule has 1 saturated heterocycles. The number of H-pyrrole nitrogens is 1. The number of aromatic amines is 1. The van der Waals surface area contributed by atoms with Crippen LogP contribution in [0.4, 0.5) is 22.0 Å². The molecule has 13 heteroatoms. The number of quaternary nitrogens is 1. The number of carbonyl (C=O) groups excluding carboxylic acids is 1. The summed E-state index contributed by atoms with van der Waals surface area (Å²) in [6.07, 6.45) is 0.658. The third-order valence-corrected chi connectivity index (χ3v) is 7.52. The molecule has 4 aromatic rings. The Bertz CT molecular complexity index is 1440. The zero-order valence-corrected chi connectivity index (χ0v) is 21.5. The number of amides is 1. The van der Waals surface area contributed by atoms with E-state index in [0.29, 0.717) is 48.8 Å². The Hall–Kier alpha value is -3.58. The molecule has 3 N–H and O–H groups in total. The molecular weight excluding hydrogens is 541 g/mol. The Kier molecular flexibility index (Phi) is 7.54. The fraction of sp³-hybridized carbons (Fsp3) is 0.346. The van der Waals surface area contributed by atoms with Crippen LogP contribution in [0.1, 0.15) is 22.5 Å². The van der Waals surface area contributed by atoms with Gasteiger partial charge >= 0.3 is 11.8 Å². The Balaban J connectivity index is 1.20. The van der Waals surface area contributed by atoms with E-state index in [2.05, 4.69) is 10.1 Å². The Morgan fingerprint density at radius 3 is 2.62 bits per heavy atom. The number of nitrogens with one attached hydrogen (secondary N) is 3. The average Bonchev–Trinajstić information content (AvgIpc) is 3.55. The van der Waals surface area contributed by atoms with Gasteiger partial charge in [-0.3, -0.25) is 4.79 Å². The number of likely N-dealkylation sites (tertiary alicyclic amines) is 1. The van der Waals surface area contributed by atoms with Gasteiger partial charge in [-0.15, -0.1) is 15.9 Å². The zero-order valence-electron chi connectivity index (χ0n) is 20.7. The molecule has 39 heavy (non-hydrogen) atoms. The van der Waals surface area contributed by atoms with Crippen molar-refractivity contribution in [3.8, 4) is 28.0 Å². The van der Waals surface area contributed by atoms with Gasteiger partial charge in [-0.25, -0.2) is 13.9 Å². The summed E-state index contributed by atoms with van der Waals surface area (Å²) in [5.74, 6) is -2.63. The number of hydrogen-bond acceptors (Lipinski definition) is 4. The average molecular weight is 568 g/mol. The van der Waals surface area contributed by atoms with Crippen LogP contribution in [0.25, 0.3) is 27.9 Å². The van der Waals surface area contributed by atoms with E-state index < -0.39 is 24.6 Å². The number of thiophene rings is 1. The summed E-state index contributed by atoms with van der Waals surface area (Å²) in [5.41, 5.74) is 3.71. The van der Waals surface area contributed by atoms with E-state index in [4.69, 9.17) is 4.74 Å². The SMILES string of the molecule is O=C(NCC(F)(F)F)c1cc(-c2c[nH][n+]3cc(-c4ccc(OCC[NH+]5CCC(F)(F)CC5)cc4)cnc23)cs1. The van der Waals surface area contributed by atoms with Gasteiger partial charge in [0.15, 0.2) is 6.20 Å². The number of aromatic nitrogens is 3. The van der Waals surface area contributed by atoms with Crippen LogP contribution >= 0.6 is 11.3 Å². The van der Waals surface area contributed by atoms with Crippen LogP contribution in [0, 0.1) is 0 Å².